The van der Waals surface area contributed by atoms with Gasteiger partial charge in [0, 0.05) is 53.1 Å². The summed E-state index contributed by atoms with van der Waals surface area (Å²) in [5, 5.41) is 2.51. The zero-order valence-electron chi connectivity index (χ0n) is 19.9. The second kappa shape index (κ2) is 9.44. The number of nitrogens with one attached hydrogen (secondary N) is 1. The lowest BCUT2D eigenvalue weighted by Crippen LogP contribution is -2.24. The van der Waals surface area contributed by atoms with Crippen LogP contribution in [-0.2, 0) is 11.3 Å². The number of rotatable bonds is 7. The third-order valence-corrected chi connectivity index (χ3v) is 7.80. The van der Waals surface area contributed by atoms with Crippen LogP contribution in [0.15, 0.2) is 48.8 Å². The highest BCUT2D eigenvalue weighted by Gasteiger charge is 2.31. The zero-order valence-corrected chi connectivity index (χ0v) is 20.7. The number of carbonyl (C=O) groups excluding carboxylic acids is 2. The van der Waals surface area contributed by atoms with Crippen LogP contribution in [0.25, 0.3) is 20.7 Å². The van der Waals surface area contributed by atoms with E-state index < -0.39 is 11.8 Å². The van der Waals surface area contributed by atoms with Gasteiger partial charge in [0.2, 0.25) is 5.91 Å². The van der Waals surface area contributed by atoms with Gasteiger partial charge in [0.15, 0.2) is 11.6 Å². The van der Waals surface area contributed by atoms with Crippen LogP contribution in [0.2, 0.25) is 0 Å². The molecule has 3 aromatic heterocycles. The van der Waals surface area contributed by atoms with Crippen LogP contribution in [0, 0.1) is 5.82 Å². The number of nitrogens with two attached hydrogens (primary N) is 1. The highest BCUT2D eigenvalue weighted by atomic mass is 32.1. The lowest BCUT2D eigenvalue weighted by molar-refractivity contribution is -0.128. The number of pyridine rings is 2. The average Bonchev–Trinajstić information content (AvgIpc) is 3.48. The van der Waals surface area contributed by atoms with Crippen molar-refractivity contribution in [3.8, 4) is 21.9 Å². The smallest absolute Gasteiger partial charge is 0.316 e. The Balaban J connectivity index is 1.27. The molecule has 0 atom stereocenters. The SMILES string of the molecule is NC(=O)Nc1ccc(Oc2ccnc3cc(-c4ccc(CN5CCCC5=O)nc4)sc23)c(F)c1C1CC1. The number of carbonyl (C=O) groups is 2. The third-order valence-electron chi connectivity index (χ3n) is 6.62. The molecule has 4 aromatic rings. The fourth-order valence-electron chi connectivity index (χ4n) is 4.65. The molecule has 2 aliphatic rings. The largest absolute Gasteiger partial charge is 0.453 e. The number of halogens is 1. The van der Waals surface area contributed by atoms with Crippen LogP contribution in [-0.4, -0.2) is 33.4 Å². The Morgan fingerprint density at radius 3 is 2.76 bits per heavy atom. The first-order chi connectivity index (χ1) is 18.0. The molecule has 6 rings (SSSR count). The summed E-state index contributed by atoms with van der Waals surface area (Å²) in [6, 6.07) is 9.98. The van der Waals surface area contributed by atoms with E-state index >= 15 is 4.39 Å². The number of nitrogens with zero attached hydrogens (tertiary/aromatic N) is 3. The third kappa shape index (κ3) is 4.72. The van der Waals surface area contributed by atoms with Crippen molar-refractivity contribution in [2.45, 2.75) is 38.1 Å². The van der Waals surface area contributed by atoms with E-state index in [1.807, 2.05) is 23.1 Å². The molecule has 1 saturated carbocycles. The Morgan fingerprint density at radius 1 is 1.19 bits per heavy atom. The number of ether oxygens (including phenoxy) is 1. The molecule has 2 fully saturated rings. The molecule has 0 radical (unpaired) electrons. The molecule has 0 spiro atoms. The van der Waals surface area contributed by atoms with Gasteiger partial charge in [-0.15, -0.1) is 11.3 Å². The van der Waals surface area contributed by atoms with Gasteiger partial charge in [-0.25, -0.2) is 9.18 Å². The van der Waals surface area contributed by atoms with Crippen molar-refractivity contribution in [1.29, 1.82) is 0 Å². The van der Waals surface area contributed by atoms with Gasteiger partial charge in [-0.2, -0.15) is 0 Å². The highest BCUT2D eigenvalue weighted by molar-refractivity contribution is 7.22. The number of aromatic nitrogens is 2. The highest BCUT2D eigenvalue weighted by Crippen LogP contribution is 2.48. The maximum absolute atomic E-state index is 15.5. The number of amides is 3. The average molecular weight is 518 g/mol. The van der Waals surface area contributed by atoms with Gasteiger partial charge >= 0.3 is 6.03 Å². The zero-order chi connectivity index (χ0) is 25.5. The first-order valence-corrected chi connectivity index (χ1v) is 13.0. The molecule has 37 heavy (non-hydrogen) atoms. The molecule has 3 N–H and O–H groups in total. The molecular formula is C27H24FN5O3S. The molecule has 188 valence electrons. The Labute approximate surface area is 216 Å². The maximum Gasteiger partial charge on any atom is 0.316 e. The summed E-state index contributed by atoms with van der Waals surface area (Å²) in [5.41, 5.74) is 8.57. The first kappa shape index (κ1) is 23.4. The van der Waals surface area contributed by atoms with Crippen LogP contribution in [0.5, 0.6) is 11.5 Å². The Morgan fingerprint density at radius 2 is 2.05 bits per heavy atom. The molecular weight excluding hydrogens is 493 g/mol. The Kier molecular flexibility index (Phi) is 5.96. The van der Waals surface area contributed by atoms with Crippen molar-refractivity contribution in [3.63, 3.8) is 0 Å². The molecule has 1 saturated heterocycles. The maximum atomic E-state index is 15.5. The molecule has 8 nitrogen and oxygen atoms in total. The predicted molar refractivity (Wildman–Crippen MR) is 139 cm³/mol. The van der Waals surface area contributed by atoms with E-state index in [-0.39, 0.29) is 17.6 Å². The van der Waals surface area contributed by atoms with Crippen molar-refractivity contribution in [3.05, 3.63) is 65.9 Å². The van der Waals surface area contributed by atoms with E-state index in [9.17, 15) is 9.59 Å². The molecule has 10 heteroatoms. The standard InChI is InChI=1S/C27H24FN5O3S/c28-25-20(8-7-18(32-27(29)35)24(25)15-3-4-15)36-21-9-10-30-19-12-22(37-26(19)21)16-5-6-17(31-13-16)14-33-11-1-2-23(33)34/h5-10,12-13,15H,1-4,11,14H2,(H3,29,32,35). The number of benzene rings is 1. The van der Waals surface area contributed by atoms with Crippen LogP contribution in [0.4, 0.5) is 14.9 Å². The van der Waals surface area contributed by atoms with E-state index in [1.54, 1.807) is 24.5 Å². The van der Waals surface area contributed by atoms with Crippen molar-refractivity contribution < 1.29 is 18.7 Å². The van der Waals surface area contributed by atoms with Gasteiger partial charge in [-0.05, 0) is 49.4 Å². The van der Waals surface area contributed by atoms with Gasteiger partial charge in [-0.3, -0.25) is 14.8 Å². The number of primary amides is 1. The second-order valence-electron chi connectivity index (χ2n) is 9.30. The van der Waals surface area contributed by atoms with E-state index in [0.29, 0.717) is 30.0 Å². The monoisotopic (exact) mass is 517 g/mol. The topological polar surface area (TPSA) is 110 Å². The number of urea groups is 1. The van der Waals surface area contributed by atoms with Crippen molar-refractivity contribution >= 4 is 39.2 Å². The molecule has 3 amide bonds. The number of likely N-dealkylation sites (tertiary alicyclic amines) is 1. The van der Waals surface area contributed by atoms with Crippen molar-refractivity contribution in [2.24, 2.45) is 5.73 Å². The number of hydrogen-bond acceptors (Lipinski definition) is 6. The lowest BCUT2D eigenvalue weighted by Gasteiger charge is -2.14. The number of anilines is 1. The minimum atomic E-state index is -0.732. The summed E-state index contributed by atoms with van der Waals surface area (Å²) in [5.74, 6) is 0.298. The fourth-order valence-corrected chi connectivity index (χ4v) is 5.71. The number of thiophene rings is 1. The first-order valence-electron chi connectivity index (χ1n) is 12.1. The minimum Gasteiger partial charge on any atom is -0.453 e. The van der Waals surface area contributed by atoms with E-state index in [1.165, 1.54) is 17.4 Å². The van der Waals surface area contributed by atoms with Gasteiger partial charge in [0.05, 0.1) is 22.5 Å². The summed E-state index contributed by atoms with van der Waals surface area (Å²) >= 11 is 1.49. The number of fused-ring (bicyclic) bond motifs is 1. The normalized spacial score (nSPS) is 15.4. The molecule has 1 aliphatic heterocycles. The molecule has 0 bridgehead atoms. The van der Waals surface area contributed by atoms with E-state index in [0.717, 1.165) is 52.2 Å². The molecule has 1 aliphatic carbocycles. The van der Waals surface area contributed by atoms with Crippen molar-refractivity contribution in [1.82, 2.24) is 14.9 Å². The van der Waals surface area contributed by atoms with Crippen LogP contribution in [0.1, 0.15) is 42.9 Å². The van der Waals surface area contributed by atoms with Crippen molar-refractivity contribution in [2.75, 3.05) is 11.9 Å². The predicted octanol–water partition coefficient (Wildman–Crippen LogP) is 5.78. The van der Waals surface area contributed by atoms with Crippen LogP contribution < -0.4 is 15.8 Å². The summed E-state index contributed by atoms with van der Waals surface area (Å²) in [6.45, 7) is 1.30. The minimum absolute atomic E-state index is 0.0373. The summed E-state index contributed by atoms with van der Waals surface area (Å²) < 4.78 is 22.3. The molecule has 0 unspecified atom stereocenters. The Bertz CT molecular complexity index is 1520. The van der Waals surface area contributed by atoms with Crippen LogP contribution in [0.3, 0.4) is 0 Å². The molecule has 4 heterocycles. The lowest BCUT2D eigenvalue weighted by atomic mass is 10.1. The van der Waals surface area contributed by atoms with E-state index in [2.05, 4.69) is 15.3 Å². The Hall–Kier alpha value is -4.05. The summed E-state index contributed by atoms with van der Waals surface area (Å²) in [4.78, 5) is 35.1. The molecule has 1 aromatic carbocycles. The van der Waals surface area contributed by atoms with Gasteiger partial charge in [0.25, 0.3) is 0 Å². The van der Waals surface area contributed by atoms with Crippen LogP contribution >= 0.6 is 11.3 Å². The second-order valence-corrected chi connectivity index (χ2v) is 10.3. The summed E-state index contributed by atoms with van der Waals surface area (Å²) in [7, 11) is 0. The summed E-state index contributed by atoms with van der Waals surface area (Å²) in [6.07, 6.45) is 6.64. The van der Waals surface area contributed by atoms with E-state index in [4.69, 9.17) is 10.5 Å². The van der Waals surface area contributed by atoms with Gasteiger partial charge in [0.1, 0.15) is 5.75 Å². The quantitative estimate of drug-likeness (QED) is 0.323. The fraction of sp³-hybridized carbons (Fsp3) is 0.259. The van der Waals surface area contributed by atoms with Gasteiger partial charge in [-0.1, -0.05) is 6.07 Å². The van der Waals surface area contributed by atoms with Gasteiger partial charge < -0.3 is 20.7 Å². The number of hydrogen-bond donors (Lipinski definition) is 2.